The highest BCUT2D eigenvalue weighted by atomic mass is 32.2. The molecule has 2 aliphatic heterocycles. The summed E-state index contributed by atoms with van der Waals surface area (Å²) in [6.07, 6.45) is 0.750. The minimum absolute atomic E-state index is 0.228. The number of thioether (sulfide) groups is 1. The third-order valence-corrected chi connectivity index (χ3v) is 8.38. The Labute approximate surface area is 176 Å². The van der Waals surface area contributed by atoms with Crippen LogP contribution < -0.4 is 14.2 Å². The Balaban J connectivity index is 1.49. The van der Waals surface area contributed by atoms with Crippen LogP contribution in [0.2, 0.25) is 0 Å². The third-order valence-electron chi connectivity index (χ3n) is 5.15. The van der Waals surface area contributed by atoms with E-state index in [1.807, 2.05) is 32.0 Å². The van der Waals surface area contributed by atoms with Crippen LogP contribution >= 0.6 is 11.8 Å². The maximum atomic E-state index is 13.2. The molecule has 0 N–H and O–H groups in total. The van der Waals surface area contributed by atoms with Gasteiger partial charge < -0.3 is 14.2 Å². The van der Waals surface area contributed by atoms with E-state index in [4.69, 9.17) is 14.2 Å². The Bertz CT molecular complexity index is 993. The van der Waals surface area contributed by atoms with Gasteiger partial charge in [-0.15, -0.1) is 0 Å². The van der Waals surface area contributed by atoms with E-state index in [-0.39, 0.29) is 12.0 Å². The van der Waals surface area contributed by atoms with Gasteiger partial charge in [0.2, 0.25) is 16.8 Å². The molecule has 2 aromatic rings. The number of hydrogen-bond acceptors (Lipinski definition) is 6. The van der Waals surface area contributed by atoms with Gasteiger partial charge in [0, 0.05) is 24.1 Å². The average Bonchev–Trinajstić information content (AvgIpc) is 3.03. The predicted molar refractivity (Wildman–Crippen MR) is 113 cm³/mol. The van der Waals surface area contributed by atoms with Crippen LogP contribution in [0.3, 0.4) is 0 Å². The van der Waals surface area contributed by atoms with Gasteiger partial charge in [-0.1, -0.05) is 6.07 Å². The van der Waals surface area contributed by atoms with E-state index < -0.39 is 10.0 Å². The molecule has 6 nitrogen and oxygen atoms in total. The highest BCUT2D eigenvalue weighted by Crippen LogP contribution is 2.40. The fraction of sp³-hybridized carbons (Fsp3) is 0.429. The first-order chi connectivity index (χ1) is 14.0. The van der Waals surface area contributed by atoms with Crippen molar-refractivity contribution in [2.24, 2.45) is 0 Å². The molecule has 156 valence electrons. The molecule has 1 atom stereocenters. The van der Waals surface area contributed by atoms with Crippen LogP contribution in [-0.2, 0) is 10.0 Å². The Morgan fingerprint density at radius 2 is 1.97 bits per heavy atom. The third kappa shape index (κ3) is 4.20. The summed E-state index contributed by atoms with van der Waals surface area (Å²) < 4.78 is 44.4. The van der Waals surface area contributed by atoms with E-state index in [1.54, 1.807) is 34.3 Å². The van der Waals surface area contributed by atoms with E-state index in [9.17, 15) is 8.42 Å². The zero-order valence-corrected chi connectivity index (χ0v) is 18.2. The van der Waals surface area contributed by atoms with Gasteiger partial charge in [0.15, 0.2) is 11.5 Å². The van der Waals surface area contributed by atoms with Crippen molar-refractivity contribution in [2.75, 3.05) is 32.2 Å². The number of aryl methyl sites for hydroxylation is 1. The van der Waals surface area contributed by atoms with E-state index in [0.717, 1.165) is 40.5 Å². The Kier molecular flexibility index (Phi) is 5.94. The molecule has 1 saturated heterocycles. The SMILES string of the molecule is CCOc1ccc(S(=O)(=O)N2CCSC(c3ccc4c(c3)OCO4)CC2)cc1C. The molecular weight excluding hydrogens is 410 g/mol. The van der Waals surface area contributed by atoms with Gasteiger partial charge in [0.1, 0.15) is 5.75 Å². The van der Waals surface area contributed by atoms with Crippen LogP contribution in [0.5, 0.6) is 17.2 Å². The summed E-state index contributed by atoms with van der Waals surface area (Å²) in [5.74, 6) is 3.00. The van der Waals surface area contributed by atoms with Gasteiger partial charge in [-0.2, -0.15) is 16.1 Å². The second-order valence-electron chi connectivity index (χ2n) is 7.03. The summed E-state index contributed by atoms with van der Waals surface area (Å²) in [5, 5.41) is 0.228. The number of sulfonamides is 1. The largest absolute Gasteiger partial charge is 0.494 e. The lowest BCUT2D eigenvalue weighted by Gasteiger charge is -2.21. The van der Waals surface area contributed by atoms with Crippen molar-refractivity contribution in [3.8, 4) is 17.2 Å². The van der Waals surface area contributed by atoms with E-state index in [1.165, 1.54) is 0 Å². The van der Waals surface area contributed by atoms with Crippen LogP contribution in [0.25, 0.3) is 0 Å². The van der Waals surface area contributed by atoms with Crippen molar-refractivity contribution in [2.45, 2.75) is 30.4 Å². The molecule has 2 aliphatic rings. The van der Waals surface area contributed by atoms with Gasteiger partial charge in [-0.25, -0.2) is 8.42 Å². The summed E-state index contributed by atoms with van der Waals surface area (Å²) in [7, 11) is -3.53. The van der Waals surface area contributed by atoms with Crippen LogP contribution in [0.4, 0.5) is 0 Å². The fourth-order valence-electron chi connectivity index (χ4n) is 3.62. The minimum atomic E-state index is -3.53. The summed E-state index contributed by atoms with van der Waals surface area (Å²) in [6, 6.07) is 11.1. The molecule has 2 aromatic carbocycles. The topological polar surface area (TPSA) is 65.1 Å². The quantitative estimate of drug-likeness (QED) is 0.708. The molecule has 0 spiro atoms. The molecule has 0 aromatic heterocycles. The van der Waals surface area contributed by atoms with Crippen LogP contribution in [-0.4, -0.2) is 45.0 Å². The Morgan fingerprint density at radius 3 is 2.76 bits per heavy atom. The van der Waals surface area contributed by atoms with Crippen molar-refractivity contribution >= 4 is 21.8 Å². The number of ether oxygens (including phenoxy) is 3. The number of rotatable bonds is 5. The van der Waals surface area contributed by atoms with Crippen LogP contribution in [0, 0.1) is 6.92 Å². The van der Waals surface area contributed by atoms with Gasteiger partial charge in [-0.3, -0.25) is 0 Å². The second kappa shape index (κ2) is 8.45. The first-order valence-corrected chi connectivity index (χ1v) is 12.2. The summed E-state index contributed by atoms with van der Waals surface area (Å²) in [4.78, 5) is 0.324. The van der Waals surface area contributed by atoms with E-state index >= 15 is 0 Å². The number of hydrogen-bond donors (Lipinski definition) is 0. The number of fused-ring (bicyclic) bond motifs is 1. The lowest BCUT2D eigenvalue weighted by atomic mass is 10.1. The van der Waals surface area contributed by atoms with Crippen molar-refractivity contribution in [1.82, 2.24) is 4.31 Å². The summed E-state index contributed by atoms with van der Waals surface area (Å²) in [5.41, 5.74) is 1.98. The average molecular weight is 436 g/mol. The summed E-state index contributed by atoms with van der Waals surface area (Å²) >= 11 is 1.79. The molecule has 1 unspecified atom stereocenters. The van der Waals surface area contributed by atoms with Crippen LogP contribution in [0.15, 0.2) is 41.3 Å². The number of nitrogens with zero attached hydrogens (tertiary/aromatic N) is 1. The van der Waals surface area contributed by atoms with Gasteiger partial charge in [0.25, 0.3) is 0 Å². The summed E-state index contributed by atoms with van der Waals surface area (Å²) in [6.45, 7) is 5.58. The standard InChI is InChI=1S/C21H25NO5S2/c1-3-25-18-7-5-17(12-15(18)2)29(23,24)22-9-8-21(28-11-10-22)16-4-6-19-20(13-16)27-14-26-19/h4-7,12-13,21H,3,8-11,14H2,1-2H3. The van der Waals surface area contributed by atoms with Gasteiger partial charge in [-0.05, 0) is 61.7 Å². The number of benzene rings is 2. The highest BCUT2D eigenvalue weighted by molar-refractivity contribution is 7.99. The second-order valence-corrected chi connectivity index (χ2v) is 10.3. The smallest absolute Gasteiger partial charge is 0.243 e. The van der Waals surface area contributed by atoms with Crippen LogP contribution in [0.1, 0.15) is 29.7 Å². The van der Waals surface area contributed by atoms with Gasteiger partial charge >= 0.3 is 0 Å². The zero-order chi connectivity index (χ0) is 20.4. The normalized spacial score (nSPS) is 19.7. The monoisotopic (exact) mass is 435 g/mol. The zero-order valence-electron chi connectivity index (χ0n) is 16.6. The van der Waals surface area contributed by atoms with Gasteiger partial charge in [0.05, 0.1) is 11.5 Å². The molecule has 8 heteroatoms. The molecule has 0 amide bonds. The fourth-order valence-corrected chi connectivity index (χ4v) is 6.50. The molecule has 2 heterocycles. The first kappa shape index (κ1) is 20.4. The minimum Gasteiger partial charge on any atom is -0.494 e. The molecule has 0 saturated carbocycles. The molecule has 0 bridgehead atoms. The molecular formula is C21H25NO5S2. The van der Waals surface area contributed by atoms with Crippen molar-refractivity contribution < 1.29 is 22.6 Å². The van der Waals surface area contributed by atoms with Crippen molar-refractivity contribution in [3.63, 3.8) is 0 Å². The highest BCUT2D eigenvalue weighted by Gasteiger charge is 2.29. The Hall–Kier alpha value is -1.90. The Morgan fingerprint density at radius 1 is 1.14 bits per heavy atom. The molecule has 29 heavy (non-hydrogen) atoms. The molecule has 1 fully saturated rings. The lowest BCUT2D eigenvalue weighted by molar-refractivity contribution is 0.174. The maximum absolute atomic E-state index is 13.2. The molecule has 0 aliphatic carbocycles. The first-order valence-electron chi connectivity index (χ1n) is 9.74. The molecule has 0 radical (unpaired) electrons. The van der Waals surface area contributed by atoms with Crippen molar-refractivity contribution in [3.05, 3.63) is 47.5 Å². The van der Waals surface area contributed by atoms with E-state index in [0.29, 0.717) is 24.6 Å². The van der Waals surface area contributed by atoms with Crippen molar-refractivity contribution in [1.29, 1.82) is 0 Å². The maximum Gasteiger partial charge on any atom is 0.243 e. The molecule has 4 rings (SSSR count). The lowest BCUT2D eigenvalue weighted by Crippen LogP contribution is -2.33. The van der Waals surface area contributed by atoms with E-state index in [2.05, 4.69) is 0 Å². The predicted octanol–water partition coefficient (Wildman–Crippen LogP) is 3.99.